The van der Waals surface area contributed by atoms with Crippen molar-refractivity contribution in [3.8, 4) is 0 Å². The Morgan fingerprint density at radius 1 is 1.13 bits per heavy atom. The molecule has 0 radical (unpaired) electrons. The summed E-state index contributed by atoms with van der Waals surface area (Å²) in [7, 11) is 0. The molecule has 2 rings (SSSR count). The maximum Gasteiger partial charge on any atom is 0.0107 e. The summed E-state index contributed by atoms with van der Waals surface area (Å²) in [5.74, 6) is 1.73. The van der Waals surface area contributed by atoms with Crippen molar-refractivity contribution in [3.05, 3.63) is 0 Å². The molecule has 0 unspecified atom stereocenters. The smallest absolute Gasteiger partial charge is 0.0107 e. The number of nitrogens with one attached hydrogen (secondary N) is 1. The summed E-state index contributed by atoms with van der Waals surface area (Å²) in [5.41, 5.74) is 5.78. The summed E-state index contributed by atoms with van der Waals surface area (Å²) in [4.78, 5) is 2.63. The van der Waals surface area contributed by atoms with Crippen LogP contribution in [0.15, 0.2) is 0 Å². The molecule has 1 saturated carbocycles. The molecule has 0 aromatic heterocycles. The Labute approximate surface area is 93.4 Å². The Morgan fingerprint density at radius 2 is 1.87 bits per heavy atom. The molecule has 15 heavy (non-hydrogen) atoms. The Bertz CT molecular complexity index is 178. The lowest BCUT2D eigenvalue weighted by atomic mass is 9.81. The van der Waals surface area contributed by atoms with E-state index in [1.165, 1.54) is 58.4 Å². The molecule has 0 aromatic rings. The van der Waals surface area contributed by atoms with Gasteiger partial charge in [0.1, 0.15) is 0 Å². The van der Waals surface area contributed by atoms with Gasteiger partial charge in [0.25, 0.3) is 0 Å². The molecule has 3 N–H and O–H groups in total. The molecule has 1 aliphatic carbocycles. The average Bonchev–Trinajstić information content (AvgIpc) is 2.31. The highest BCUT2D eigenvalue weighted by Crippen LogP contribution is 2.28. The van der Waals surface area contributed by atoms with Crippen LogP contribution in [0.1, 0.15) is 25.7 Å². The third-order valence-electron chi connectivity index (χ3n) is 3.95. The van der Waals surface area contributed by atoms with E-state index in [9.17, 15) is 0 Å². The number of hydrogen-bond acceptors (Lipinski definition) is 3. The summed E-state index contributed by atoms with van der Waals surface area (Å²) < 4.78 is 0. The van der Waals surface area contributed by atoms with Gasteiger partial charge in [0, 0.05) is 32.7 Å². The highest BCUT2D eigenvalue weighted by Gasteiger charge is 2.23. The van der Waals surface area contributed by atoms with Crippen LogP contribution in [0, 0.1) is 11.8 Å². The van der Waals surface area contributed by atoms with Crippen LogP contribution in [-0.2, 0) is 0 Å². The highest BCUT2D eigenvalue weighted by atomic mass is 15.2. The van der Waals surface area contributed by atoms with E-state index in [4.69, 9.17) is 5.73 Å². The van der Waals surface area contributed by atoms with E-state index in [1.807, 2.05) is 0 Å². The topological polar surface area (TPSA) is 41.3 Å². The molecule has 2 fully saturated rings. The molecule has 3 nitrogen and oxygen atoms in total. The quantitative estimate of drug-likeness (QED) is 0.720. The lowest BCUT2D eigenvalue weighted by Crippen LogP contribution is -2.45. The van der Waals surface area contributed by atoms with Crippen molar-refractivity contribution < 1.29 is 0 Å². The Balaban J connectivity index is 1.72. The van der Waals surface area contributed by atoms with Gasteiger partial charge in [-0.25, -0.2) is 0 Å². The van der Waals surface area contributed by atoms with Crippen LogP contribution in [0.2, 0.25) is 0 Å². The van der Waals surface area contributed by atoms with E-state index in [1.54, 1.807) is 0 Å². The van der Waals surface area contributed by atoms with Gasteiger partial charge in [-0.3, -0.25) is 0 Å². The molecule has 1 aliphatic heterocycles. The molecule has 2 aliphatic rings. The van der Waals surface area contributed by atoms with E-state index in [2.05, 4.69) is 10.2 Å². The fourth-order valence-electron chi connectivity index (χ4n) is 3.04. The third kappa shape index (κ3) is 3.44. The van der Waals surface area contributed by atoms with Crippen molar-refractivity contribution in [2.45, 2.75) is 25.7 Å². The average molecular weight is 211 g/mol. The minimum atomic E-state index is 0.812. The molecule has 0 bridgehead atoms. The normalized spacial score (nSPS) is 34.2. The van der Waals surface area contributed by atoms with Gasteiger partial charge >= 0.3 is 0 Å². The van der Waals surface area contributed by atoms with Crippen molar-refractivity contribution in [2.75, 3.05) is 39.3 Å². The van der Waals surface area contributed by atoms with Gasteiger partial charge in [0.15, 0.2) is 0 Å². The van der Waals surface area contributed by atoms with Gasteiger partial charge in [-0.2, -0.15) is 0 Å². The van der Waals surface area contributed by atoms with Crippen molar-refractivity contribution in [2.24, 2.45) is 17.6 Å². The zero-order valence-corrected chi connectivity index (χ0v) is 9.75. The summed E-state index contributed by atoms with van der Waals surface area (Å²) >= 11 is 0. The van der Waals surface area contributed by atoms with Crippen LogP contribution < -0.4 is 11.1 Å². The third-order valence-corrected chi connectivity index (χ3v) is 3.95. The number of hydrogen-bond donors (Lipinski definition) is 2. The number of nitrogens with two attached hydrogens (primary N) is 1. The first-order valence-electron chi connectivity index (χ1n) is 6.51. The van der Waals surface area contributed by atoms with Crippen LogP contribution in [-0.4, -0.2) is 44.2 Å². The SMILES string of the molecule is NC[C@@H]1CCC[C@H](CN2CCNCC2)C1. The molecule has 1 saturated heterocycles. The zero-order valence-electron chi connectivity index (χ0n) is 9.75. The van der Waals surface area contributed by atoms with Crippen molar-refractivity contribution in [3.63, 3.8) is 0 Å². The van der Waals surface area contributed by atoms with E-state index in [-0.39, 0.29) is 0 Å². The highest BCUT2D eigenvalue weighted by molar-refractivity contribution is 4.78. The first-order valence-corrected chi connectivity index (χ1v) is 6.51. The maximum atomic E-state index is 5.78. The fraction of sp³-hybridized carbons (Fsp3) is 1.00. The van der Waals surface area contributed by atoms with Crippen LogP contribution in [0.25, 0.3) is 0 Å². The Hall–Kier alpha value is -0.120. The van der Waals surface area contributed by atoms with E-state index in [0.29, 0.717) is 0 Å². The number of piperazine rings is 1. The second-order valence-electron chi connectivity index (χ2n) is 5.18. The van der Waals surface area contributed by atoms with Crippen LogP contribution in [0.5, 0.6) is 0 Å². The molecular weight excluding hydrogens is 186 g/mol. The molecule has 1 heterocycles. The molecule has 2 atom stereocenters. The van der Waals surface area contributed by atoms with Crippen molar-refractivity contribution >= 4 is 0 Å². The van der Waals surface area contributed by atoms with E-state index in [0.717, 1.165) is 18.4 Å². The standard InChI is InChI=1S/C12H25N3/c13-9-11-2-1-3-12(8-11)10-15-6-4-14-5-7-15/h11-12,14H,1-10,13H2/t11-,12+/m1/s1. The minimum Gasteiger partial charge on any atom is -0.330 e. The van der Waals surface area contributed by atoms with E-state index >= 15 is 0 Å². The predicted molar refractivity (Wildman–Crippen MR) is 63.8 cm³/mol. The first kappa shape index (κ1) is 11.4. The van der Waals surface area contributed by atoms with Gasteiger partial charge in [-0.1, -0.05) is 6.42 Å². The maximum absolute atomic E-state index is 5.78. The second kappa shape index (κ2) is 5.83. The first-order chi connectivity index (χ1) is 7.38. The largest absolute Gasteiger partial charge is 0.330 e. The summed E-state index contributed by atoms with van der Waals surface area (Å²) in [6.07, 6.45) is 5.58. The molecule has 0 amide bonds. The predicted octanol–water partition coefficient (Wildman–Crippen LogP) is 0.657. The lowest BCUT2D eigenvalue weighted by Gasteiger charge is -2.34. The lowest BCUT2D eigenvalue weighted by molar-refractivity contribution is 0.162. The van der Waals surface area contributed by atoms with Crippen LogP contribution >= 0.6 is 0 Å². The molecule has 88 valence electrons. The van der Waals surface area contributed by atoms with Crippen LogP contribution in [0.4, 0.5) is 0 Å². The van der Waals surface area contributed by atoms with Crippen molar-refractivity contribution in [1.82, 2.24) is 10.2 Å². The summed E-state index contributed by atoms with van der Waals surface area (Å²) in [6, 6.07) is 0. The molecule has 3 heteroatoms. The molecule has 0 aromatic carbocycles. The van der Waals surface area contributed by atoms with E-state index < -0.39 is 0 Å². The van der Waals surface area contributed by atoms with Crippen LogP contribution in [0.3, 0.4) is 0 Å². The minimum absolute atomic E-state index is 0.812. The van der Waals surface area contributed by atoms with Gasteiger partial charge in [0.2, 0.25) is 0 Å². The van der Waals surface area contributed by atoms with Crippen molar-refractivity contribution in [1.29, 1.82) is 0 Å². The number of rotatable bonds is 3. The second-order valence-corrected chi connectivity index (χ2v) is 5.18. The summed E-state index contributed by atoms with van der Waals surface area (Å²) in [6.45, 7) is 7.05. The monoisotopic (exact) mass is 211 g/mol. The zero-order chi connectivity index (χ0) is 10.5. The molecular formula is C12H25N3. The van der Waals surface area contributed by atoms with Gasteiger partial charge in [-0.05, 0) is 37.6 Å². The number of nitrogens with zero attached hydrogens (tertiary/aromatic N) is 1. The van der Waals surface area contributed by atoms with Gasteiger partial charge < -0.3 is 16.0 Å². The molecule has 0 spiro atoms. The fourth-order valence-corrected chi connectivity index (χ4v) is 3.04. The Kier molecular flexibility index (Phi) is 4.42. The Morgan fingerprint density at radius 3 is 2.60 bits per heavy atom. The van der Waals surface area contributed by atoms with Gasteiger partial charge in [-0.15, -0.1) is 0 Å². The summed E-state index contributed by atoms with van der Waals surface area (Å²) in [5, 5.41) is 3.41. The van der Waals surface area contributed by atoms with Gasteiger partial charge in [0.05, 0.1) is 0 Å².